The maximum absolute atomic E-state index is 12.7. The van der Waals surface area contributed by atoms with E-state index < -0.39 is 6.67 Å². The maximum Gasteiger partial charge on any atom is 0.151 e. The van der Waals surface area contributed by atoms with Crippen molar-refractivity contribution in [2.45, 2.75) is 56.9 Å². The summed E-state index contributed by atoms with van der Waals surface area (Å²) in [6, 6.07) is 10.3. The number of nitrogens with one attached hydrogen (secondary N) is 1. The van der Waals surface area contributed by atoms with Crippen LogP contribution in [0.2, 0.25) is 0 Å². The van der Waals surface area contributed by atoms with Crippen molar-refractivity contribution in [2.24, 2.45) is 0 Å². The zero-order chi connectivity index (χ0) is 18.1. The lowest BCUT2D eigenvalue weighted by Gasteiger charge is -2.43. The molecule has 0 saturated carbocycles. The Labute approximate surface area is 153 Å². The normalized spacial score (nSPS) is 25.1. The number of rotatable bonds is 4. The van der Waals surface area contributed by atoms with E-state index in [-0.39, 0.29) is 5.75 Å². The summed E-state index contributed by atoms with van der Waals surface area (Å²) in [5, 5.41) is 22.5. The van der Waals surface area contributed by atoms with Crippen LogP contribution in [0.15, 0.2) is 30.3 Å². The van der Waals surface area contributed by atoms with Gasteiger partial charge in [-0.3, -0.25) is 0 Å². The third kappa shape index (κ3) is 3.38. The number of halogens is 1. The summed E-state index contributed by atoms with van der Waals surface area (Å²) in [5.41, 5.74) is 1.61. The lowest BCUT2D eigenvalue weighted by atomic mass is 9.83. The molecule has 2 bridgehead atoms. The molecule has 0 aliphatic carbocycles. The zero-order valence-electron chi connectivity index (χ0n) is 15.0. The molecule has 2 aliphatic rings. The highest BCUT2D eigenvalue weighted by atomic mass is 19.1. The van der Waals surface area contributed by atoms with Crippen molar-refractivity contribution in [1.29, 1.82) is 0 Å². The average molecular weight is 356 g/mol. The quantitative estimate of drug-likeness (QED) is 0.879. The number of anilines is 1. The molecule has 0 spiro atoms. The van der Waals surface area contributed by atoms with E-state index in [0.717, 1.165) is 18.7 Å². The minimum absolute atomic E-state index is 0.0294. The Balaban J connectivity index is 1.50. The van der Waals surface area contributed by atoms with Crippen molar-refractivity contribution in [3.05, 3.63) is 35.9 Å². The molecule has 1 aromatic heterocycles. The second kappa shape index (κ2) is 7.19. The first-order valence-electron chi connectivity index (χ1n) is 9.35. The summed E-state index contributed by atoms with van der Waals surface area (Å²) in [7, 11) is 2.09. The van der Waals surface area contributed by atoms with E-state index in [0.29, 0.717) is 34.9 Å². The van der Waals surface area contributed by atoms with Crippen LogP contribution < -0.4 is 10.2 Å². The molecule has 0 radical (unpaired) electrons. The van der Waals surface area contributed by atoms with Gasteiger partial charge >= 0.3 is 0 Å². The number of benzene rings is 1. The van der Waals surface area contributed by atoms with E-state index >= 15 is 0 Å². The number of hydrogen-bond donors (Lipinski definition) is 2. The van der Waals surface area contributed by atoms with Gasteiger partial charge in [-0.05, 0) is 55.5 Å². The standard InChI is InChI=1S/C20H25FN4O/c1-25(16-10-14-3-2-4-15(11-16)22-14)20-8-7-18(23-24-20)17-6-5-13(12-21)9-19(17)26/h5-9,14-16,22,26H,2-4,10-12H2,1H3/t14-,15+,16?. The molecule has 2 aliphatic heterocycles. The molecule has 5 nitrogen and oxygen atoms in total. The minimum atomic E-state index is -0.596. The number of phenols is 1. The van der Waals surface area contributed by atoms with Crippen LogP contribution in [0, 0.1) is 0 Å². The van der Waals surface area contributed by atoms with Crippen molar-refractivity contribution in [2.75, 3.05) is 11.9 Å². The monoisotopic (exact) mass is 356 g/mol. The first-order chi connectivity index (χ1) is 12.6. The van der Waals surface area contributed by atoms with Gasteiger partial charge in [0.2, 0.25) is 0 Å². The molecule has 1 unspecified atom stereocenters. The highest BCUT2D eigenvalue weighted by Crippen LogP contribution is 2.31. The maximum atomic E-state index is 12.7. The smallest absolute Gasteiger partial charge is 0.151 e. The summed E-state index contributed by atoms with van der Waals surface area (Å²) in [6.07, 6.45) is 6.14. The van der Waals surface area contributed by atoms with Crippen LogP contribution in [-0.4, -0.2) is 40.5 Å². The van der Waals surface area contributed by atoms with Crippen LogP contribution in [0.25, 0.3) is 11.3 Å². The highest BCUT2D eigenvalue weighted by molar-refractivity contribution is 5.67. The van der Waals surface area contributed by atoms with Crippen LogP contribution in [0.5, 0.6) is 5.75 Å². The molecule has 138 valence electrons. The summed E-state index contributed by atoms with van der Waals surface area (Å²) in [6.45, 7) is -0.596. The van der Waals surface area contributed by atoms with Gasteiger partial charge in [-0.25, -0.2) is 4.39 Å². The molecule has 2 aromatic rings. The fourth-order valence-electron chi connectivity index (χ4n) is 4.27. The third-order valence-electron chi connectivity index (χ3n) is 5.74. The number of fused-ring (bicyclic) bond motifs is 2. The Kier molecular flexibility index (Phi) is 4.76. The van der Waals surface area contributed by atoms with Crippen molar-refractivity contribution in [3.8, 4) is 17.0 Å². The second-order valence-corrected chi connectivity index (χ2v) is 7.49. The Hall–Kier alpha value is -2.21. The van der Waals surface area contributed by atoms with Crippen molar-refractivity contribution in [1.82, 2.24) is 15.5 Å². The first kappa shape index (κ1) is 17.2. The summed E-state index contributed by atoms with van der Waals surface area (Å²) in [4.78, 5) is 2.23. The van der Waals surface area contributed by atoms with Gasteiger partial charge in [-0.1, -0.05) is 12.5 Å². The zero-order valence-corrected chi connectivity index (χ0v) is 15.0. The molecule has 1 aromatic carbocycles. The Bertz CT molecular complexity index is 755. The molecule has 26 heavy (non-hydrogen) atoms. The van der Waals surface area contributed by atoms with Crippen LogP contribution in [0.4, 0.5) is 10.2 Å². The number of nitrogens with zero attached hydrogens (tertiary/aromatic N) is 3. The number of aromatic hydroxyl groups is 1. The first-order valence-corrected chi connectivity index (χ1v) is 9.35. The predicted molar refractivity (Wildman–Crippen MR) is 99.9 cm³/mol. The van der Waals surface area contributed by atoms with Crippen LogP contribution >= 0.6 is 0 Å². The molecule has 2 saturated heterocycles. The fourth-order valence-corrected chi connectivity index (χ4v) is 4.27. The number of piperidine rings is 2. The van der Waals surface area contributed by atoms with Crippen LogP contribution in [0.1, 0.15) is 37.7 Å². The van der Waals surface area contributed by atoms with Gasteiger partial charge in [0.15, 0.2) is 5.82 Å². The van der Waals surface area contributed by atoms with E-state index in [1.165, 1.54) is 25.3 Å². The molecule has 3 atom stereocenters. The van der Waals surface area contributed by atoms with Crippen molar-refractivity contribution in [3.63, 3.8) is 0 Å². The largest absolute Gasteiger partial charge is 0.507 e. The van der Waals surface area contributed by atoms with E-state index in [1.54, 1.807) is 12.1 Å². The predicted octanol–water partition coefficient (Wildman–Crippen LogP) is 3.43. The summed E-state index contributed by atoms with van der Waals surface area (Å²) < 4.78 is 12.7. The van der Waals surface area contributed by atoms with Gasteiger partial charge in [0.05, 0.1) is 5.69 Å². The fraction of sp³-hybridized carbons (Fsp3) is 0.500. The molecule has 2 N–H and O–H groups in total. The summed E-state index contributed by atoms with van der Waals surface area (Å²) >= 11 is 0. The highest BCUT2D eigenvalue weighted by Gasteiger charge is 2.33. The molecule has 0 amide bonds. The van der Waals surface area contributed by atoms with Crippen molar-refractivity contribution < 1.29 is 9.50 Å². The third-order valence-corrected chi connectivity index (χ3v) is 5.74. The molecule has 3 heterocycles. The van der Waals surface area contributed by atoms with Gasteiger partial charge in [0.1, 0.15) is 12.4 Å². The van der Waals surface area contributed by atoms with Gasteiger partial charge < -0.3 is 15.3 Å². The lowest BCUT2D eigenvalue weighted by Crippen LogP contribution is -2.54. The van der Waals surface area contributed by atoms with E-state index in [1.807, 2.05) is 12.1 Å². The topological polar surface area (TPSA) is 61.3 Å². The number of aromatic nitrogens is 2. The lowest BCUT2D eigenvalue weighted by molar-refractivity contribution is 0.219. The van der Waals surface area contributed by atoms with Gasteiger partial charge in [-0.15, -0.1) is 10.2 Å². The molecule has 6 heteroatoms. The number of hydrogen-bond acceptors (Lipinski definition) is 5. The van der Waals surface area contributed by atoms with Crippen molar-refractivity contribution >= 4 is 5.82 Å². The second-order valence-electron chi connectivity index (χ2n) is 7.49. The van der Waals surface area contributed by atoms with E-state index in [2.05, 4.69) is 27.5 Å². The Morgan fingerprint density at radius 2 is 1.92 bits per heavy atom. The SMILES string of the molecule is CN(c1ccc(-c2ccc(CF)cc2O)nn1)C1C[C@H]2CCC[C@@H](C1)N2. The minimum Gasteiger partial charge on any atom is -0.507 e. The average Bonchev–Trinajstić information content (AvgIpc) is 2.67. The van der Waals surface area contributed by atoms with Crippen LogP contribution in [0.3, 0.4) is 0 Å². The molecule has 2 fully saturated rings. The Morgan fingerprint density at radius 3 is 2.54 bits per heavy atom. The van der Waals surface area contributed by atoms with Gasteiger partial charge in [0.25, 0.3) is 0 Å². The number of phenolic OH excluding ortho intramolecular Hbond substituents is 1. The molecule has 4 rings (SSSR count). The molecular weight excluding hydrogens is 331 g/mol. The van der Waals surface area contributed by atoms with E-state index in [4.69, 9.17) is 0 Å². The molecular formula is C20H25FN4O. The van der Waals surface area contributed by atoms with E-state index in [9.17, 15) is 9.50 Å². The summed E-state index contributed by atoms with van der Waals surface area (Å²) in [5.74, 6) is 0.875. The van der Waals surface area contributed by atoms with Gasteiger partial charge in [-0.2, -0.15) is 0 Å². The number of alkyl halides is 1. The van der Waals surface area contributed by atoms with Crippen LogP contribution in [-0.2, 0) is 6.67 Å². The van der Waals surface area contributed by atoms with Gasteiger partial charge in [0, 0.05) is 30.7 Å². The Morgan fingerprint density at radius 1 is 1.15 bits per heavy atom.